The number of rotatable bonds is 8. The molecule has 7 nitrogen and oxygen atoms in total. The maximum absolute atomic E-state index is 15.6. The van der Waals surface area contributed by atoms with Crippen molar-refractivity contribution in [3.63, 3.8) is 0 Å². The molecule has 45 heavy (non-hydrogen) atoms. The van der Waals surface area contributed by atoms with Crippen molar-refractivity contribution in [1.29, 1.82) is 0 Å². The minimum absolute atomic E-state index is 0.0449. The molecule has 11 heteroatoms. The number of aryl methyl sites for hydroxylation is 1. The van der Waals surface area contributed by atoms with Crippen LogP contribution in [-0.4, -0.2) is 52.9 Å². The van der Waals surface area contributed by atoms with E-state index in [1.54, 1.807) is 23.1 Å². The predicted molar refractivity (Wildman–Crippen MR) is 162 cm³/mol. The standard InChI is InChI=1S/C34H30F4N4O3/c1-23-7-5-6-10-27(23)33(43)41-17-15-40(16-18-41)30-20-31-29(19-28(30)35)39-32(22-44-25-8-3-2-4-9-25)42(31)21-24-11-13-26(14-12-24)45-34(36,37)38/h2-14,19-20H,15-18,21-22H2,1H3. The molecule has 1 fully saturated rings. The molecule has 1 aromatic heterocycles. The van der Waals surface area contributed by atoms with Gasteiger partial charge in [0, 0.05) is 44.4 Å². The minimum Gasteiger partial charge on any atom is -0.486 e. The first-order valence-electron chi connectivity index (χ1n) is 14.5. The number of hydrogen-bond donors (Lipinski definition) is 0. The molecular formula is C34H30F4N4O3. The van der Waals surface area contributed by atoms with Crippen molar-refractivity contribution in [3.05, 3.63) is 119 Å². The summed E-state index contributed by atoms with van der Waals surface area (Å²) in [6.07, 6.45) is -4.79. The second kappa shape index (κ2) is 12.5. The monoisotopic (exact) mass is 618 g/mol. The number of hydrogen-bond acceptors (Lipinski definition) is 5. The summed E-state index contributed by atoms with van der Waals surface area (Å²) in [6, 6.07) is 25.4. The highest BCUT2D eigenvalue weighted by Crippen LogP contribution is 2.30. The Hall–Kier alpha value is -5.06. The van der Waals surface area contributed by atoms with Crippen molar-refractivity contribution < 1.29 is 31.8 Å². The molecule has 2 heterocycles. The molecule has 4 aromatic carbocycles. The topological polar surface area (TPSA) is 59.8 Å². The highest BCUT2D eigenvalue weighted by Gasteiger charge is 2.31. The van der Waals surface area contributed by atoms with E-state index in [1.807, 2.05) is 71.0 Å². The summed E-state index contributed by atoms with van der Waals surface area (Å²) in [5, 5.41) is 0. The average molecular weight is 619 g/mol. The van der Waals surface area contributed by atoms with E-state index in [-0.39, 0.29) is 24.8 Å². The number of piperazine rings is 1. The molecule has 0 radical (unpaired) electrons. The predicted octanol–water partition coefficient (Wildman–Crippen LogP) is 6.97. The molecule has 0 saturated carbocycles. The third-order valence-corrected chi connectivity index (χ3v) is 7.79. The van der Waals surface area contributed by atoms with Gasteiger partial charge in [-0.1, -0.05) is 48.5 Å². The van der Waals surface area contributed by atoms with E-state index >= 15 is 4.39 Å². The first-order valence-corrected chi connectivity index (χ1v) is 14.5. The number of carbonyl (C=O) groups is 1. The zero-order chi connectivity index (χ0) is 31.6. The molecule has 6 rings (SSSR count). The van der Waals surface area contributed by atoms with Crippen LogP contribution in [0.25, 0.3) is 11.0 Å². The summed E-state index contributed by atoms with van der Waals surface area (Å²) < 4.78 is 65.4. The number of alkyl halides is 3. The van der Waals surface area contributed by atoms with Crippen LogP contribution in [0.5, 0.6) is 11.5 Å². The van der Waals surface area contributed by atoms with E-state index in [2.05, 4.69) is 9.72 Å². The van der Waals surface area contributed by atoms with Gasteiger partial charge in [-0.05, 0) is 54.4 Å². The van der Waals surface area contributed by atoms with Gasteiger partial charge in [-0.3, -0.25) is 4.79 Å². The number of halogens is 4. The van der Waals surface area contributed by atoms with E-state index in [0.29, 0.717) is 65.6 Å². The molecule has 1 aliphatic rings. The van der Waals surface area contributed by atoms with E-state index in [9.17, 15) is 18.0 Å². The maximum Gasteiger partial charge on any atom is 0.573 e. The van der Waals surface area contributed by atoms with E-state index in [1.165, 1.54) is 18.2 Å². The fourth-order valence-electron chi connectivity index (χ4n) is 5.49. The lowest BCUT2D eigenvalue weighted by molar-refractivity contribution is -0.274. The largest absolute Gasteiger partial charge is 0.573 e. The van der Waals surface area contributed by atoms with Crippen molar-refractivity contribution in [2.75, 3.05) is 31.1 Å². The second-order valence-corrected chi connectivity index (χ2v) is 10.8. The Morgan fingerprint density at radius 1 is 0.867 bits per heavy atom. The van der Waals surface area contributed by atoms with Gasteiger partial charge in [-0.15, -0.1) is 13.2 Å². The summed E-state index contributed by atoms with van der Waals surface area (Å²) in [7, 11) is 0. The zero-order valence-electron chi connectivity index (χ0n) is 24.4. The molecule has 5 aromatic rings. The number of carbonyl (C=O) groups excluding carboxylic acids is 1. The highest BCUT2D eigenvalue weighted by atomic mass is 19.4. The van der Waals surface area contributed by atoms with Gasteiger partial charge in [0.25, 0.3) is 5.91 Å². The van der Waals surface area contributed by atoms with Crippen molar-refractivity contribution in [3.8, 4) is 11.5 Å². The van der Waals surface area contributed by atoms with E-state index < -0.39 is 12.2 Å². The average Bonchev–Trinajstić information content (AvgIpc) is 3.35. The number of aromatic nitrogens is 2. The number of benzene rings is 4. The first-order chi connectivity index (χ1) is 21.6. The lowest BCUT2D eigenvalue weighted by atomic mass is 10.1. The fourth-order valence-corrected chi connectivity index (χ4v) is 5.49. The Bertz CT molecular complexity index is 1800. The summed E-state index contributed by atoms with van der Waals surface area (Å²) in [4.78, 5) is 21.5. The fraction of sp³-hybridized carbons (Fsp3) is 0.235. The van der Waals surface area contributed by atoms with Gasteiger partial charge in [0.1, 0.15) is 29.7 Å². The van der Waals surface area contributed by atoms with Gasteiger partial charge in [-0.2, -0.15) is 0 Å². The van der Waals surface area contributed by atoms with Gasteiger partial charge in [0.15, 0.2) is 0 Å². The van der Waals surface area contributed by atoms with Crippen LogP contribution in [0.1, 0.15) is 27.3 Å². The number of nitrogens with zero attached hydrogens (tertiary/aromatic N) is 4. The lowest BCUT2D eigenvalue weighted by Crippen LogP contribution is -2.49. The molecule has 1 amide bonds. The van der Waals surface area contributed by atoms with E-state index in [4.69, 9.17) is 4.74 Å². The third-order valence-electron chi connectivity index (χ3n) is 7.79. The minimum atomic E-state index is -4.79. The summed E-state index contributed by atoms with van der Waals surface area (Å²) in [5.41, 5.74) is 3.71. The Morgan fingerprint density at radius 2 is 1.56 bits per heavy atom. The van der Waals surface area contributed by atoms with Crippen molar-refractivity contribution >= 4 is 22.6 Å². The van der Waals surface area contributed by atoms with Crippen LogP contribution in [0, 0.1) is 12.7 Å². The molecule has 0 unspecified atom stereocenters. The number of amides is 1. The second-order valence-electron chi connectivity index (χ2n) is 10.8. The molecule has 0 spiro atoms. The van der Waals surface area contributed by atoms with Gasteiger partial charge in [0.05, 0.1) is 16.7 Å². The Kier molecular flexibility index (Phi) is 8.34. The number of para-hydroxylation sites is 1. The third kappa shape index (κ3) is 6.87. The molecular weight excluding hydrogens is 588 g/mol. The number of anilines is 1. The van der Waals surface area contributed by atoms with Crippen LogP contribution in [-0.2, 0) is 13.2 Å². The quantitative estimate of drug-likeness (QED) is 0.176. The van der Waals surface area contributed by atoms with E-state index in [0.717, 1.165) is 5.56 Å². The van der Waals surface area contributed by atoms with Gasteiger partial charge < -0.3 is 23.8 Å². The Morgan fingerprint density at radius 3 is 2.24 bits per heavy atom. The summed E-state index contributed by atoms with van der Waals surface area (Å²) in [6.45, 7) is 4.00. The number of fused-ring (bicyclic) bond motifs is 1. The van der Waals surface area contributed by atoms with Crippen LogP contribution in [0.15, 0.2) is 91.0 Å². The van der Waals surface area contributed by atoms with Gasteiger partial charge >= 0.3 is 6.36 Å². The van der Waals surface area contributed by atoms with Crippen LogP contribution in [0.2, 0.25) is 0 Å². The van der Waals surface area contributed by atoms with Crippen LogP contribution >= 0.6 is 0 Å². The maximum atomic E-state index is 15.6. The Labute approximate surface area is 257 Å². The zero-order valence-corrected chi connectivity index (χ0v) is 24.4. The van der Waals surface area contributed by atoms with Crippen molar-refractivity contribution in [2.45, 2.75) is 26.4 Å². The SMILES string of the molecule is Cc1ccccc1C(=O)N1CCN(c2cc3c(cc2F)nc(COc2ccccc2)n3Cc2ccc(OC(F)(F)F)cc2)CC1. The summed E-state index contributed by atoms with van der Waals surface area (Å²) >= 11 is 0. The molecule has 0 N–H and O–H groups in total. The summed E-state index contributed by atoms with van der Waals surface area (Å²) in [5.74, 6) is 0.356. The number of ether oxygens (including phenoxy) is 2. The molecule has 0 bridgehead atoms. The van der Waals surface area contributed by atoms with Crippen molar-refractivity contribution in [2.24, 2.45) is 0 Å². The smallest absolute Gasteiger partial charge is 0.486 e. The van der Waals surface area contributed by atoms with Crippen LogP contribution < -0.4 is 14.4 Å². The highest BCUT2D eigenvalue weighted by molar-refractivity contribution is 5.95. The van der Waals surface area contributed by atoms with Crippen LogP contribution in [0.3, 0.4) is 0 Å². The van der Waals surface area contributed by atoms with Crippen LogP contribution in [0.4, 0.5) is 23.2 Å². The first kappa shape index (κ1) is 30.0. The molecule has 0 aliphatic carbocycles. The van der Waals surface area contributed by atoms with Gasteiger partial charge in [0.2, 0.25) is 0 Å². The molecule has 1 saturated heterocycles. The number of imidazole rings is 1. The van der Waals surface area contributed by atoms with Crippen molar-refractivity contribution in [1.82, 2.24) is 14.5 Å². The molecule has 232 valence electrons. The molecule has 0 atom stereocenters. The normalized spacial score (nSPS) is 13.7. The Balaban J connectivity index is 1.27. The molecule has 1 aliphatic heterocycles. The van der Waals surface area contributed by atoms with Gasteiger partial charge in [-0.25, -0.2) is 9.37 Å². The lowest BCUT2D eigenvalue weighted by Gasteiger charge is -2.36.